The molecule has 1 atom stereocenters. The van der Waals surface area contributed by atoms with Crippen LogP contribution in [-0.4, -0.2) is 58.7 Å². The van der Waals surface area contributed by atoms with Crippen LogP contribution in [0.15, 0.2) is 78.4 Å². The van der Waals surface area contributed by atoms with Crippen molar-refractivity contribution in [1.82, 2.24) is 9.80 Å². The first-order valence-electron chi connectivity index (χ1n) is 12.1. The van der Waals surface area contributed by atoms with E-state index in [1.54, 1.807) is 25.1 Å². The molecule has 0 saturated carbocycles. The monoisotopic (exact) mass is 515 g/mol. The zero-order chi connectivity index (χ0) is 27.4. The van der Waals surface area contributed by atoms with Crippen molar-refractivity contribution in [2.24, 2.45) is 0 Å². The summed E-state index contributed by atoms with van der Waals surface area (Å²) in [5.74, 6) is -1.22. The molecule has 9 heteroatoms. The summed E-state index contributed by atoms with van der Waals surface area (Å²) >= 11 is 0. The van der Waals surface area contributed by atoms with Crippen LogP contribution in [0.5, 0.6) is 5.75 Å². The number of non-ortho nitro benzene ring substituents is 1. The Morgan fingerprint density at radius 1 is 1.05 bits per heavy atom. The number of aryl methyl sites for hydroxylation is 1. The van der Waals surface area contributed by atoms with Gasteiger partial charge in [0.15, 0.2) is 0 Å². The van der Waals surface area contributed by atoms with Crippen molar-refractivity contribution in [3.63, 3.8) is 0 Å². The lowest BCUT2D eigenvalue weighted by Gasteiger charge is -2.26. The number of aliphatic hydroxyl groups excluding tert-OH is 1. The third kappa shape index (κ3) is 5.57. The molecule has 0 bridgehead atoms. The van der Waals surface area contributed by atoms with Crippen LogP contribution < -0.4 is 4.74 Å². The maximum absolute atomic E-state index is 13.2. The molecule has 1 amide bonds. The lowest BCUT2D eigenvalue weighted by molar-refractivity contribution is -0.384. The van der Waals surface area contributed by atoms with Crippen LogP contribution in [-0.2, 0) is 16.2 Å². The normalized spacial score (nSPS) is 16.7. The molecule has 1 saturated heterocycles. The summed E-state index contributed by atoms with van der Waals surface area (Å²) in [6, 6.07) is 19.6. The number of ketones is 1. The van der Waals surface area contributed by atoms with E-state index in [9.17, 15) is 24.8 Å². The van der Waals surface area contributed by atoms with Gasteiger partial charge < -0.3 is 19.6 Å². The van der Waals surface area contributed by atoms with Gasteiger partial charge in [-0.05, 0) is 68.0 Å². The van der Waals surface area contributed by atoms with E-state index in [1.165, 1.54) is 29.2 Å². The van der Waals surface area contributed by atoms with Gasteiger partial charge in [0.2, 0.25) is 0 Å². The minimum atomic E-state index is -0.885. The molecule has 0 aliphatic carbocycles. The second-order valence-corrected chi connectivity index (χ2v) is 9.40. The first kappa shape index (κ1) is 26.6. The Hall–Kier alpha value is -4.50. The van der Waals surface area contributed by atoms with Crippen molar-refractivity contribution in [1.29, 1.82) is 0 Å². The van der Waals surface area contributed by atoms with Crippen molar-refractivity contribution < 1.29 is 24.4 Å². The highest BCUT2D eigenvalue weighted by atomic mass is 16.6. The zero-order valence-electron chi connectivity index (χ0n) is 21.5. The molecule has 3 aromatic carbocycles. The number of carbonyl (C=O) groups is 2. The van der Waals surface area contributed by atoms with Gasteiger partial charge in [0, 0.05) is 30.8 Å². The fourth-order valence-corrected chi connectivity index (χ4v) is 4.42. The third-order valence-electron chi connectivity index (χ3n) is 6.45. The van der Waals surface area contributed by atoms with E-state index in [1.807, 2.05) is 49.3 Å². The number of rotatable bonds is 9. The van der Waals surface area contributed by atoms with Gasteiger partial charge in [-0.2, -0.15) is 0 Å². The molecule has 1 aliphatic rings. The molecule has 1 fully saturated rings. The maximum atomic E-state index is 13.2. The van der Waals surface area contributed by atoms with E-state index in [-0.39, 0.29) is 23.6 Å². The number of hydrogen-bond donors (Lipinski definition) is 1. The lowest BCUT2D eigenvalue weighted by Crippen LogP contribution is -2.35. The molecule has 0 unspecified atom stereocenters. The van der Waals surface area contributed by atoms with Gasteiger partial charge in [0.25, 0.3) is 17.4 Å². The Balaban J connectivity index is 1.71. The molecule has 0 radical (unpaired) electrons. The van der Waals surface area contributed by atoms with Crippen LogP contribution in [0, 0.1) is 17.0 Å². The Kier molecular flexibility index (Phi) is 7.87. The van der Waals surface area contributed by atoms with Gasteiger partial charge in [0.1, 0.15) is 18.1 Å². The number of carbonyl (C=O) groups excluding carboxylic acids is 2. The molecule has 0 spiro atoms. The van der Waals surface area contributed by atoms with Crippen molar-refractivity contribution in [2.75, 3.05) is 27.2 Å². The van der Waals surface area contributed by atoms with Gasteiger partial charge in [-0.15, -0.1) is 0 Å². The predicted molar refractivity (Wildman–Crippen MR) is 143 cm³/mol. The summed E-state index contributed by atoms with van der Waals surface area (Å²) in [6.07, 6.45) is 0. The number of nitro benzene ring substituents is 1. The minimum absolute atomic E-state index is 0.0522. The summed E-state index contributed by atoms with van der Waals surface area (Å²) in [6.45, 7) is 2.89. The molecule has 1 N–H and O–H groups in total. The number of aliphatic hydroxyl groups is 1. The summed E-state index contributed by atoms with van der Waals surface area (Å²) < 4.78 is 5.88. The number of Topliss-reactive ketones (excluding diaryl/α,β-unsaturated/α-hetero) is 1. The average molecular weight is 516 g/mol. The Bertz CT molecular complexity index is 1380. The summed E-state index contributed by atoms with van der Waals surface area (Å²) in [5, 5.41) is 22.5. The molecule has 4 rings (SSSR count). The Labute approximate surface area is 220 Å². The largest absolute Gasteiger partial charge is 0.507 e. The molecule has 196 valence electrons. The predicted octanol–water partition coefficient (Wildman–Crippen LogP) is 4.47. The van der Waals surface area contributed by atoms with Crippen molar-refractivity contribution in [3.05, 3.63) is 111 Å². The van der Waals surface area contributed by atoms with Gasteiger partial charge in [-0.1, -0.05) is 30.3 Å². The molecule has 3 aromatic rings. The van der Waals surface area contributed by atoms with Crippen molar-refractivity contribution >= 4 is 23.1 Å². The van der Waals surface area contributed by atoms with Gasteiger partial charge in [-0.25, -0.2) is 0 Å². The van der Waals surface area contributed by atoms with Crippen molar-refractivity contribution in [2.45, 2.75) is 19.6 Å². The van der Waals surface area contributed by atoms with Crippen LogP contribution in [0.25, 0.3) is 5.76 Å². The van der Waals surface area contributed by atoms with Crippen LogP contribution in [0.2, 0.25) is 0 Å². The molecular weight excluding hydrogens is 486 g/mol. The highest BCUT2D eigenvalue weighted by molar-refractivity contribution is 6.46. The fraction of sp³-hybridized carbons (Fsp3) is 0.241. The molecular formula is C29H29N3O6. The van der Waals surface area contributed by atoms with Crippen LogP contribution in [0.1, 0.15) is 28.3 Å². The second kappa shape index (κ2) is 11.3. The number of nitrogens with zero attached hydrogens (tertiary/aromatic N) is 3. The molecule has 38 heavy (non-hydrogen) atoms. The summed E-state index contributed by atoms with van der Waals surface area (Å²) in [5.41, 5.74) is 2.41. The highest BCUT2D eigenvalue weighted by Crippen LogP contribution is 2.40. The molecule has 9 nitrogen and oxygen atoms in total. The molecule has 0 aromatic heterocycles. The summed E-state index contributed by atoms with van der Waals surface area (Å²) in [4.78, 5) is 40.2. The number of likely N-dealkylation sites (N-methyl/N-ethyl adjacent to an activating group) is 1. The molecule has 1 heterocycles. The van der Waals surface area contributed by atoms with E-state index in [4.69, 9.17) is 4.74 Å². The van der Waals surface area contributed by atoms with Crippen molar-refractivity contribution in [3.8, 4) is 5.75 Å². The summed E-state index contributed by atoms with van der Waals surface area (Å²) in [7, 11) is 3.70. The highest BCUT2D eigenvalue weighted by Gasteiger charge is 2.46. The third-order valence-corrected chi connectivity index (χ3v) is 6.45. The van der Waals surface area contributed by atoms with E-state index in [0.29, 0.717) is 35.6 Å². The first-order valence-corrected chi connectivity index (χ1v) is 12.1. The standard InChI is InChI=1S/C29H29N3O6/c1-19-17-23(38-18-20-7-5-4-6-8-20)13-14-24(19)27(33)25-26(21-9-11-22(12-10-21)32(36)37)31(16-15-30(2)3)29(35)28(25)34/h4-14,17,26,33H,15-16,18H2,1-3H3/t26-/m1/s1. The second-order valence-electron chi connectivity index (χ2n) is 9.40. The lowest BCUT2D eigenvalue weighted by atomic mass is 9.93. The Morgan fingerprint density at radius 2 is 1.74 bits per heavy atom. The van der Waals surface area contributed by atoms with Gasteiger partial charge in [0.05, 0.1) is 16.5 Å². The number of likely N-dealkylation sites (tertiary alicyclic amines) is 1. The zero-order valence-corrected chi connectivity index (χ0v) is 21.5. The quantitative estimate of drug-likeness (QED) is 0.147. The van der Waals surface area contributed by atoms with Crippen LogP contribution >= 0.6 is 0 Å². The van der Waals surface area contributed by atoms with E-state index >= 15 is 0 Å². The average Bonchev–Trinajstić information content (AvgIpc) is 3.16. The number of amides is 1. The van der Waals surface area contributed by atoms with Crippen LogP contribution in [0.4, 0.5) is 5.69 Å². The SMILES string of the molecule is Cc1cc(OCc2ccccc2)ccc1C(O)=C1C(=O)C(=O)N(CCN(C)C)[C@@H]1c1ccc([N+](=O)[O-])cc1. The number of benzene rings is 3. The fourth-order valence-electron chi connectivity index (χ4n) is 4.42. The van der Waals surface area contributed by atoms with E-state index < -0.39 is 22.7 Å². The number of nitro groups is 1. The number of hydrogen-bond acceptors (Lipinski definition) is 7. The van der Waals surface area contributed by atoms with Gasteiger partial charge >= 0.3 is 0 Å². The molecule has 1 aliphatic heterocycles. The maximum Gasteiger partial charge on any atom is 0.295 e. The first-order chi connectivity index (χ1) is 18.2. The van der Waals surface area contributed by atoms with Crippen LogP contribution in [0.3, 0.4) is 0 Å². The van der Waals surface area contributed by atoms with Gasteiger partial charge in [-0.3, -0.25) is 19.7 Å². The van der Waals surface area contributed by atoms with E-state index in [0.717, 1.165) is 5.56 Å². The number of ether oxygens (including phenoxy) is 1. The minimum Gasteiger partial charge on any atom is -0.507 e. The van der Waals surface area contributed by atoms with E-state index in [2.05, 4.69) is 0 Å². The Morgan fingerprint density at radius 3 is 2.34 bits per heavy atom. The smallest absolute Gasteiger partial charge is 0.295 e. The topological polar surface area (TPSA) is 113 Å².